The fraction of sp³-hybridized carbons (Fsp3) is 0.348. The summed E-state index contributed by atoms with van der Waals surface area (Å²) in [7, 11) is 3.15. The van der Waals surface area contributed by atoms with Gasteiger partial charge in [-0.3, -0.25) is 14.4 Å². The number of phenols is 1. The molecule has 1 atom stereocenters. The number of amides is 1. The highest BCUT2D eigenvalue weighted by Crippen LogP contribution is 2.38. The molecule has 3 N–H and O–H groups in total. The van der Waals surface area contributed by atoms with Gasteiger partial charge in [0.2, 0.25) is 0 Å². The molecule has 0 fully saturated rings. The Hall–Kier alpha value is -3.55. The van der Waals surface area contributed by atoms with E-state index in [0.717, 1.165) is 5.76 Å². The van der Waals surface area contributed by atoms with Crippen LogP contribution in [0.1, 0.15) is 48.7 Å². The van der Waals surface area contributed by atoms with Gasteiger partial charge in [0.25, 0.3) is 16.8 Å². The quantitative estimate of drug-likeness (QED) is 0.409. The molecular formula is C23H27N3O5. The molecule has 0 aliphatic heterocycles. The normalized spacial score (nSPS) is 12.6. The molecule has 0 unspecified atom stereocenters. The largest absolute Gasteiger partial charge is 0.505 e. The van der Waals surface area contributed by atoms with Crippen molar-refractivity contribution in [2.45, 2.75) is 33.7 Å². The van der Waals surface area contributed by atoms with E-state index in [1.165, 1.54) is 17.0 Å². The van der Waals surface area contributed by atoms with Crippen LogP contribution in [0.15, 0.2) is 44.3 Å². The maximum Gasteiger partial charge on any atom is 0.257 e. The standard InChI is InChI=1S/C23H27N3O5/c1-12-10-11-15(31-12)21(23(2,3)4)25-17-16(19(28)20(17)29)24-14-9-7-8-13(18(14)27)22(30)26(5)6/h7-11,21,24-25,27H,1-6H3/t21-/m0/s1. The van der Waals surface area contributed by atoms with Crippen LogP contribution in [0.4, 0.5) is 17.1 Å². The molecule has 0 aliphatic carbocycles. The molecule has 0 radical (unpaired) electrons. The number of hydrogen-bond donors (Lipinski definition) is 3. The third-order valence-electron chi connectivity index (χ3n) is 5.04. The maximum absolute atomic E-state index is 12.3. The summed E-state index contributed by atoms with van der Waals surface area (Å²) in [5.74, 6) is 0.701. The molecule has 0 saturated heterocycles. The van der Waals surface area contributed by atoms with Gasteiger partial charge in [0.1, 0.15) is 22.9 Å². The molecule has 0 aliphatic rings. The highest BCUT2D eigenvalue weighted by atomic mass is 16.3. The minimum atomic E-state index is -0.700. The molecule has 0 spiro atoms. The lowest BCUT2D eigenvalue weighted by molar-refractivity contribution is 0.0824. The van der Waals surface area contributed by atoms with E-state index in [9.17, 15) is 19.5 Å². The van der Waals surface area contributed by atoms with E-state index in [4.69, 9.17) is 4.42 Å². The Morgan fingerprint density at radius 2 is 1.71 bits per heavy atom. The number of anilines is 3. The predicted octanol–water partition coefficient (Wildman–Crippen LogP) is 3.53. The number of benzene rings is 1. The predicted molar refractivity (Wildman–Crippen MR) is 120 cm³/mol. The van der Waals surface area contributed by atoms with Crippen LogP contribution < -0.4 is 21.5 Å². The van der Waals surface area contributed by atoms with Crippen LogP contribution in [0.25, 0.3) is 0 Å². The van der Waals surface area contributed by atoms with Crippen LogP contribution in [0.3, 0.4) is 0 Å². The lowest BCUT2D eigenvalue weighted by atomic mass is 9.85. The van der Waals surface area contributed by atoms with Crippen LogP contribution >= 0.6 is 0 Å². The zero-order chi connectivity index (χ0) is 23.1. The number of aromatic hydroxyl groups is 1. The van der Waals surface area contributed by atoms with E-state index >= 15 is 0 Å². The van der Waals surface area contributed by atoms with Crippen LogP contribution in [0.5, 0.6) is 5.75 Å². The first-order chi connectivity index (χ1) is 14.4. The molecule has 164 valence electrons. The molecule has 0 bridgehead atoms. The second kappa shape index (κ2) is 7.94. The van der Waals surface area contributed by atoms with E-state index in [1.54, 1.807) is 20.2 Å². The average molecular weight is 425 g/mol. The molecule has 3 aromatic rings. The summed E-state index contributed by atoms with van der Waals surface area (Å²) < 4.78 is 5.76. The van der Waals surface area contributed by atoms with Crippen molar-refractivity contribution in [2.24, 2.45) is 5.41 Å². The minimum Gasteiger partial charge on any atom is -0.505 e. The van der Waals surface area contributed by atoms with E-state index in [0.29, 0.717) is 5.76 Å². The molecule has 3 rings (SSSR count). The first-order valence-electron chi connectivity index (χ1n) is 9.88. The number of nitrogens with one attached hydrogen (secondary N) is 2. The van der Waals surface area contributed by atoms with Crippen LogP contribution in [-0.2, 0) is 0 Å². The van der Waals surface area contributed by atoms with Crippen molar-refractivity contribution in [1.82, 2.24) is 4.90 Å². The van der Waals surface area contributed by atoms with Crippen molar-refractivity contribution < 1.29 is 14.3 Å². The maximum atomic E-state index is 12.3. The summed E-state index contributed by atoms with van der Waals surface area (Å²) in [6.07, 6.45) is 0. The topological polar surface area (TPSA) is 112 Å². The minimum absolute atomic E-state index is 0.0345. The van der Waals surface area contributed by atoms with Crippen molar-refractivity contribution >= 4 is 23.0 Å². The Bertz CT molecular complexity index is 1190. The average Bonchev–Trinajstić information content (AvgIpc) is 3.12. The van der Waals surface area contributed by atoms with Gasteiger partial charge in [0, 0.05) is 14.1 Å². The summed E-state index contributed by atoms with van der Waals surface area (Å²) in [6, 6.07) is 7.89. The second-order valence-electron chi connectivity index (χ2n) is 8.83. The SMILES string of the molecule is Cc1ccc([C@H](Nc2c(Nc3cccc(C(=O)N(C)C)c3O)c(=O)c2=O)C(C)(C)C)o1. The van der Waals surface area contributed by atoms with Gasteiger partial charge in [-0.2, -0.15) is 0 Å². The van der Waals surface area contributed by atoms with Gasteiger partial charge in [-0.25, -0.2) is 0 Å². The van der Waals surface area contributed by atoms with E-state index < -0.39 is 10.9 Å². The van der Waals surface area contributed by atoms with E-state index in [2.05, 4.69) is 10.6 Å². The first-order valence-corrected chi connectivity index (χ1v) is 9.88. The van der Waals surface area contributed by atoms with Crippen molar-refractivity contribution in [3.63, 3.8) is 0 Å². The number of carbonyl (C=O) groups is 1. The molecular weight excluding hydrogens is 398 g/mol. The zero-order valence-electron chi connectivity index (χ0n) is 18.5. The molecule has 8 nitrogen and oxygen atoms in total. The lowest BCUT2D eigenvalue weighted by Crippen LogP contribution is -2.39. The fourth-order valence-electron chi connectivity index (χ4n) is 3.31. The summed E-state index contributed by atoms with van der Waals surface area (Å²) >= 11 is 0. The van der Waals surface area contributed by atoms with Crippen molar-refractivity contribution in [3.05, 3.63) is 67.9 Å². The van der Waals surface area contributed by atoms with Crippen molar-refractivity contribution in [2.75, 3.05) is 24.7 Å². The van der Waals surface area contributed by atoms with Crippen LogP contribution in [0, 0.1) is 12.3 Å². The molecule has 1 heterocycles. The van der Waals surface area contributed by atoms with Crippen LogP contribution in [-0.4, -0.2) is 30.0 Å². The first kappa shape index (κ1) is 22.1. The number of aryl methyl sites for hydroxylation is 1. The third-order valence-corrected chi connectivity index (χ3v) is 5.04. The van der Waals surface area contributed by atoms with Crippen LogP contribution in [0.2, 0.25) is 0 Å². The highest BCUT2D eigenvalue weighted by Gasteiger charge is 2.33. The van der Waals surface area contributed by atoms with Gasteiger partial charge in [0.05, 0.1) is 17.3 Å². The summed E-state index contributed by atoms with van der Waals surface area (Å²) in [5.41, 5.74) is -1.29. The fourth-order valence-corrected chi connectivity index (χ4v) is 3.31. The smallest absolute Gasteiger partial charge is 0.257 e. The number of hydrogen-bond acceptors (Lipinski definition) is 7. The number of rotatable bonds is 6. The summed E-state index contributed by atoms with van der Waals surface area (Å²) in [4.78, 5) is 38.2. The molecule has 2 aromatic carbocycles. The second-order valence-corrected chi connectivity index (χ2v) is 8.83. The zero-order valence-corrected chi connectivity index (χ0v) is 18.5. The van der Waals surface area contributed by atoms with Gasteiger partial charge < -0.3 is 25.1 Å². The Balaban J connectivity index is 1.96. The molecule has 1 aromatic heterocycles. The monoisotopic (exact) mass is 425 g/mol. The highest BCUT2D eigenvalue weighted by molar-refractivity contribution is 5.99. The Morgan fingerprint density at radius 3 is 2.26 bits per heavy atom. The Morgan fingerprint density at radius 1 is 1.06 bits per heavy atom. The molecule has 1 amide bonds. The lowest BCUT2D eigenvalue weighted by Gasteiger charge is -2.31. The van der Waals surface area contributed by atoms with Crippen molar-refractivity contribution in [1.29, 1.82) is 0 Å². The summed E-state index contributed by atoms with van der Waals surface area (Å²) in [5, 5.41) is 16.5. The van der Waals surface area contributed by atoms with Gasteiger partial charge in [0.15, 0.2) is 5.75 Å². The van der Waals surface area contributed by atoms with Gasteiger partial charge >= 0.3 is 0 Å². The molecule has 8 heteroatoms. The molecule has 0 saturated carbocycles. The van der Waals surface area contributed by atoms with E-state index in [-0.39, 0.29) is 45.7 Å². The Kier molecular flexibility index (Phi) is 5.67. The Labute approximate surface area is 180 Å². The van der Waals surface area contributed by atoms with Gasteiger partial charge in [-0.1, -0.05) is 26.8 Å². The van der Waals surface area contributed by atoms with Gasteiger partial charge in [-0.05, 0) is 36.6 Å². The van der Waals surface area contributed by atoms with Gasteiger partial charge in [-0.15, -0.1) is 0 Å². The number of nitrogens with zero attached hydrogens (tertiary/aromatic N) is 1. The molecule has 31 heavy (non-hydrogen) atoms. The van der Waals surface area contributed by atoms with E-state index in [1.807, 2.05) is 39.8 Å². The number of para-hydroxylation sites is 1. The summed E-state index contributed by atoms with van der Waals surface area (Å²) in [6.45, 7) is 7.80. The van der Waals surface area contributed by atoms with Crippen molar-refractivity contribution in [3.8, 4) is 5.75 Å². The number of furan rings is 1. The third kappa shape index (κ3) is 4.19. The number of phenolic OH excluding ortho intramolecular Hbond substituents is 1. The number of carbonyl (C=O) groups excluding carboxylic acids is 1.